The Labute approximate surface area is 123 Å². The summed E-state index contributed by atoms with van der Waals surface area (Å²) in [5.74, 6) is 0.727. The first-order valence-electron chi connectivity index (χ1n) is 5.35. The van der Waals surface area contributed by atoms with Crippen LogP contribution in [0.2, 0.25) is 15.1 Å². The highest BCUT2D eigenvalue weighted by atomic mass is 35.5. The average Bonchev–Trinajstić information content (AvgIpc) is 2.76. The zero-order chi connectivity index (χ0) is 13.6. The van der Waals surface area contributed by atoms with Gasteiger partial charge in [0, 0.05) is 10.4 Å². The van der Waals surface area contributed by atoms with E-state index < -0.39 is 0 Å². The van der Waals surface area contributed by atoms with E-state index in [1.165, 1.54) is 0 Å². The fourth-order valence-corrected chi connectivity index (χ4v) is 2.42. The highest BCUT2D eigenvalue weighted by molar-refractivity contribution is 6.37. The van der Waals surface area contributed by atoms with Crippen molar-refractivity contribution in [3.8, 4) is 11.5 Å². The molecule has 0 bridgehead atoms. The molecule has 0 fully saturated rings. The van der Waals surface area contributed by atoms with E-state index in [1.807, 2.05) is 6.07 Å². The van der Waals surface area contributed by atoms with E-state index in [4.69, 9.17) is 45.0 Å². The molecule has 0 unspecified atom stereocenters. The van der Waals surface area contributed by atoms with Crippen molar-refractivity contribution in [2.75, 3.05) is 5.73 Å². The summed E-state index contributed by atoms with van der Waals surface area (Å²) in [5, 5.41) is 2.20. The predicted octanol–water partition coefficient (Wildman–Crippen LogP) is 5.04. The molecule has 1 aromatic carbocycles. The van der Waals surface area contributed by atoms with Gasteiger partial charge in [0.05, 0.1) is 10.0 Å². The number of furan rings is 1. The van der Waals surface area contributed by atoms with E-state index >= 15 is 0 Å². The Hall–Kier alpha value is -1.42. The molecule has 0 aliphatic heterocycles. The maximum Gasteiger partial charge on any atom is 0.155 e. The van der Waals surface area contributed by atoms with Crippen molar-refractivity contribution in [3.05, 3.63) is 45.4 Å². The maximum absolute atomic E-state index is 6.11. The number of hydrogen-bond donors (Lipinski definition) is 1. The van der Waals surface area contributed by atoms with Gasteiger partial charge in [0.25, 0.3) is 0 Å². The lowest BCUT2D eigenvalue weighted by Gasteiger charge is -2.03. The predicted molar refractivity (Wildman–Crippen MR) is 78.9 cm³/mol. The van der Waals surface area contributed by atoms with Crippen molar-refractivity contribution in [1.29, 1.82) is 0 Å². The largest absolute Gasteiger partial charge is 0.454 e. The Kier molecular flexibility index (Phi) is 3.05. The van der Waals surface area contributed by atoms with Crippen LogP contribution in [0.1, 0.15) is 0 Å². The minimum atomic E-state index is 0.208. The van der Waals surface area contributed by atoms with E-state index in [-0.39, 0.29) is 5.82 Å². The molecular weight excluding hydrogens is 307 g/mol. The van der Waals surface area contributed by atoms with Crippen molar-refractivity contribution < 1.29 is 4.42 Å². The van der Waals surface area contributed by atoms with Crippen LogP contribution in [0.3, 0.4) is 0 Å². The summed E-state index contributed by atoms with van der Waals surface area (Å²) in [5.41, 5.74) is 6.84. The van der Waals surface area contributed by atoms with Crippen LogP contribution in [0.15, 0.2) is 34.7 Å². The Morgan fingerprint density at radius 2 is 1.79 bits per heavy atom. The summed E-state index contributed by atoms with van der Waals surface area (Å²) in [7, 11) is 0. The molecular formula is C13H7Cl3N2O. The number of pyridine rings is 1. The van der Waals surface area contributed by atoms with E-state index in [2.05, 4.69) is 4.98 Å². The monoisotopic (exact) mass is 312 g/mol. The van der Waals surface area contributed by atoms with Gasteiger partial charge in [-0.3, -0.25) is 0 Å². The van der Waals surface area contributed by atoms with Crippen molar-refractivity contribution in [3.63, 3.8) is 0 Å². The summed E-state index contributed by atoms with van der Waals surface area (Å²) < 4.78 is 5.68. The number of hydrogen-bond acceptors (Lipinski definition) is 3. The minimum Gasteiger partial charge on any atom is -0.454 e. The van der Waals surface area contributed by atoms with Gasteiger partial charge in [-0.1, -0.05) is 34.8 Å². The second-order valence-electron chi connectivity index (χ2n) is 3.98. The Bertz CT molecular complexity index is 783. The zero-order valence-electron chi connectivity index (χ0n) is 9.45. The molecule has 0 spiro atoms. The van der Waals surface area contributed by atoms with E-state index in [0.717, 1.165) is 5.39 Å². The molecule has 0 amide bonds. The molecule has 0 saturated carbocycles. The number of fused-ring (bicyclic) bond motifs is 1. The third kappa shape index (κ3) is 2.25. The quantitative estimate of drug-likeness (QED) is 0.685. The van der Waals surface area contributed by atoms with Crippen LogP contribution in [-0.2, 0) is 0 Å². The van der Waals surface area contributed by atoms with E-state index in [0.29, 0.717) is 32.1 Å². The number of nitrogens with two attached hydrogens (primary N) is 1. The van der Waals surface area contributed by atoms with Gasteiger partial charge in [-0.2, -0.15) is 0 Å². The van der Waals surface area contributed by atoms with Crippen LogP contribution < -0.4 is 5.73 Å². The van der Waals surface area contributed by atoms with Gasteiger partial charge in [-0.05, 0) is 30.3 Å². The first-order chi connectivity index (χ1) is 9.04. The molecule has 6 heteroatoms. The number of benzene rings is 1. The lowest BCUT2D eigenvalue weighted by atomic mass is 10.2. The number of anilines is 1. The van der Waals surface area contributed by atoms with Gasteiger partial charge >= 0.3 is 0 Å². The molecule has 0 saturated heterocycles. The molecule has 3 nitrogen and oxygen atoms in total. The molecule has 3 aromatic rings. The zero-order valence-corrected chi connectivity index (χ0v) is 11.7. The van der Waals surface area contributed by atoms with Crippen LogP contribution in [0, 0.1) is 0 Å². The summed E-state index contributed by atoms with van der Waals surface area (Å²) in [6.07, 6.45) is 0. The fraction of sp³-hybridized carbons (Fsp3) is 0. The first-order valence-corrected chi connectivity index (χ1v) is 6.49. The molecule has 96 valence electrons. The standard InChI is InChI=1S/C13H7Cl3N2O/c14-7-1-2-10-6(3-7)4-11(19-10)12-8(15)5-9(16)13(17)18-12/h1-5H,(H2,17,18). The van der Waals surface area contributed by atoms with E-state index in [1.54, 1.807) is 24.3 Å². The van der Waals surface area contributed by atoms with Crippen LogP contribution >= 0.6 is 34.8 Å². The van der Waals surface area contributed by atoms with Gasteiger partial charge in [-0.15, -0.1) is 0 Å². The maximum atomic E-state index is 6.11. The Morgan fingerprint density at radius 1 is 1.00 bits per heavy atom. The fourth-order valence-electron chi connectivity index (χ4n) is 1.78. The number of halogens is 3. The van der Waals surface area contributed by atoms with Crippen LogP contribution in [0.4, 0.5) is 5.82 Å². The molecule has 0 aliphatic carbocycles. The summed E-state index contributed by atoms with van der Waals surface area (Å²) in [6.45, 7) is 0. The molecule has 2 heterocycles. The van der Waals surface area contributed by atoms with Crippen molar-refractivity contribution in [2.24, 2.45) is 0 Å². The molecule has 2 aromatic heterocycles. The second-order valence-corrected chi connectivity index (χ2v) is 5.23. The van der Waals surface area contributed by atoms with Crippen molar-refractivity contribution >= 4 is 51.6 Å². The molecule has 0 radical (unpaired) electrons. The van der Waals surface area contributed by atoms with Crippen LogP contribution in [0.25, 0.3) is 22.4 Å². The van der Waals surface area contributed by atoms with Crippen LogP contribution in [0.5, 0.6) is 0 Å². The average molecular weight is 314 g/mol. The topological polar surface area (TPSA) is 52.0 Å². The van der Waals surface area contributed by atoms with Gasteiger partial charge in [0.1, 0.15) is 17.1 Å². The number of nitrogens with zero attached hydrogens (tertiary/aromatic N) is 1. The number of nitrogen functional groups attached to an aromatic ring is 1. The lowest BCUT2D eigenvalue weighted by Crippen LogP contribution is -1.93. The molecule has 2 N–H and O–H groups in total. The Morgan fingerprint density at radius 3 is 2.58 bits per heavy atom. The normalized spacial score (nSPS) is 11.1. The summed E-state index contributed by atoms with van der Waals surface area (Å²) in [4.78, 5) is 4.15. The second kappa shape index (κ2) is 4.60. The third-order valence-corrected chi connectivity index (χ3v) is 3.49. The van der Waals surface area contributed by atoms with Gasteiger partial charge in [-0.25, -0.2) is 4.98 Å². The highest BCUT2D eigenvalue weighted by Crippen LogP contribution is 2.34. The smallest absolute Gasteiger partial charge is 0.155 e. The molecule has 3 rings (SSSR count). The lowest BCUT2D eigenvalue weighted by molar-refractivity contribution is 0.629. The van der Waals surface area contributed by atoms with Gasteiger partial charge < -0.3 is 10.2 Å². The molecule has 0 atom stereocenters. The SMILES string of the molecule is Nc1nc(-c2cc3cc(Cl)ccc3o2)c(Cl)cc1Cl. The van der Waals surface area contributed by atoms with Crippen molar-refractivity contribution in [1.82, 2.24) is 4.98 Å². The third-order valence-electron chi connectivity index (χ3n) is 2.67. The van der Waals surface area contributed by atoms with Gasteiger partial charge in [0.2, 0.25) is 0 Å². The summed E-state index contributed by atoms with van der Waals surface area (Å²) >= 11 is 17.9. The first kappa shape index (κ1) is 12.6. The molecule has 19 heavy (non-hydrogen) atoms. The van der Waals surface area contributed by atoms with Gasteiger partial charge in [0.15, 0.2) is 5.76 Å². The number of aromatic nitrogens is 1. The van der Waals surface area contributed by atoms with E-state index in [9.17, 15) is 0 Å². The molecule has 0 aliphatic rings. The minimum absolute atomic E-state index is 0.208. The van der Waals surface area contributed by atoms with Crippen molar-refractivity contribution in [2.45, 2.75) is 0 Å². The Balaban J connectivity index is 2.21. The summed E-state index contributed by atoms with van der Waals surface area (Å²) in [6, 6.07) is 8.69. The highest BCUT2D eigenvalue weighted by Gasteiger charge is 2.14. The number of rotatable bonds is 1. The van der Waals surface area contributed by atoms with Crippen LogP contribution in [-0.4, -0.2) is 4.98 Å².